The molecule has 0 spiro atoms. The van der Waals surface area contributed by atoms with E-state index in [0.717, 1.165) is 22.7 Å². The molecule has 1 aliphatic carbocycles. The third-order valence-electron chi connectivity index (χ3n) is 2.84. The van der Waals surface area contributed by atoms with Crippen molar-refractivity contribution in [2.75, 3.05) is 13.1 Å². The van der Waals surface area contributed by atoms with E-state index in [-0.39, 0.29) is 31.0 Å². The predicted molar refractivity (Wildman–Crippen MR) is 71.1 cm³/mol. The molecule has 0 amide bonds. The van der Waals surface area contributed by atoms with Crippen LogP contribution in [-0.4, -0.2) is 27.6 Å². The predicted octanol–water partition coefficient (Wildman–Crippen LogP) is 0.796. The van der Waals surface area contributed by atoms with Gasteiger partial charge in [0.1, 0.15) is 4.32 Å². The molecule has 0 aliphatic heterocycles. The van der Waals surface area contributed by atoms with Crippen LogP contribution < -0.4 is 29.6 Å². The molecule has 0 radical (unpaired) electrons. The van der Waals surface area contributed by atoms with Crippen LogP contribution in [0.3, 0.4) is 0 Å². The SMILES string of the molecule is CCN(CC)C(=S)SC1CCCCC1.[H-].[Na+]. The van der Waals surface area contributed by atoms with Gasteiger partial charge in [-0.3, -0.25) is 0 Å². The quantitative estimate of drug-likeness (QED) is 0.542. The van der Waals surface area contributed by atoms with E-state index in [2.05, 4.69) is 18.7 Å². The van der Waals surface area contributed by atoms with Crippen LogP contribution in [0, 0.1) is 0 Å². The molecule has 0 aromatic carbocycles. The average molecular weight is 255 g/mol. The Labute approximate surface area is 128 Å². The zero-order chi connectivity index (χ0) is 10.4. The van der Waals surface area contributed by atoms with E-state index >= 15 is 0 Å². The summed E-state index contributed by atoms with van der Waals surface area (Å²) in [5, 5.41) is 0.803. The van der Waals surface area contributed by atoms with Crippen LogP contribution in [0.5, 0.6) is 0 Å². The summed E-state index contributed by atoms with van der Waals surface area (Å²) in [6.07, 6.45) is 6.96. The molecule has 0 heterocycles. The monoisotopic (exact) mass is 255 g/mol. The molecular weight excluding hydrogens is 233 g/mol. The first-order chi connectivity index (χ1) is 6.77. The van der Waals surface area contributed by atoms with Gasteiger partial charge in [-0.25, -0.2) is 0 Å². The molecule has 0 aromatic heterocycles. The molecule has 1 aliphatic rings. The molecule has 1 saturated carbocycles. The molecule has 1 fully saturated rings. The molecule has 0 atom stereocenters. The van der Waals surface area contributed by atoms with Crippen LogP contribution in [0.1, 0.15) is 47.4 Å². The Bertz CT molecular complexity index is 183. The molecule has 0 unspecified atom stereocenters. The number of hydrogen-bond donors (Lipinski definition) is 0. The minimum Gasteiger partial charge on any atom is -1.00 e. The van der Waals surface area contributed by atoms with Gasteiger partial charge < -0.3 is 6.33 Å². The maximum Gasteiger partial charge on any atom is 1.00 e. The van der Waals surface area contributed by atoms with Gasteiger partial charge in [0.2, 0.25) is 0 Å². The summed E-state index contributed by atoms with van der Waals surface area (Å²) < 4.78 is 1.11. The second-order valence-corrected chi connectivity index (χ2v) is 5.75. The molecule has 84 valence electrons. The van der Waals surface area contributed by atoms with Gasteiger partial charge in [-0.1, -0.05) is 43.2 Å². The van der Waals surface area contributed by atoms with Gasteiger partial charge in [0.25, 0.3) is 0 Å². The van der Waals surface area contributed by atoms with Crippen molar-refractivity contribution < 1.29 is 31.0 Å². The standard InChI is InChI=1S/C11H21NS2.Na.H/c1-3-12(4-2)11(13)14-10-8-6-5-7-9-10;;/h10H,3-9H2,1-2H3;;/q;+1;-1. The Morgan fingerprint density at radius 3 is 2.27 bits per heavy atom. The molecule has 4 heteroatoms. The summed E-state index contributed by atoms with van der Waals surface area (Å²) in [5.74, 6) is 0. The zero-order valence-electron chi connectivity index (χ0n) is 11.3. The number of hydrogen-bond acceptors (Lipinski definition) is 2. The van der Waals surface area contributed by atoms with Crippen molar-refractivity contribution in [3.05, 3.63) is 0 Å². The van der Waals surface area contributed by atoms with Gasteiger partial charge in [0, 0.05) is 18.3 Å². The molecule has 0 N–H and O–H groups in total. The van der Waals surface area contributed by atoms with Crippen molar-refractivity contribution in [3.8, 4) is 0 Å². The summed E-state index contributed by atoms with van der Waals surface area (Å²) in [6.45, 7) is 6.46. The topological polar surface area (TPSA) is 3.24 Å². The van der Waals surface area contributed by atoms with E-state index in [0.29, 0.717) is 0 Å². The van der Waals surface area contributed by atoms with E-state index in [1.807, 2.05) is 11.8 Å². The third-order valence-corrected chi connectivity index (χ3v) is 4.65. The molecule has 1 nitrogen and oxygen atoms in total. The van der Waals surface area contributed by atoms with Gasteiger partial charge in [0.05, 0.1) is 0 Å². The summed E-state index contributed by atoms with van der Waals surface area (Å²) >= 11 is 7.38. The van der Waals surface area contributed by atoms with Gasteiger partial charge in [-0.05, 0) is 26.7 Å². The van der Waals surface area contributed by atoms with Gasteiger partial charge in [0.15, 0.2) is 0 Å². The van der Waals surface area contributed by atoms with Gasteiger partial charge >= 0.3 is 29.6 Å². The van der Waals surface area contributed by atoms with E-state index in [1.54, 1.807) is 0 Å². The molecule has 0 bridgehead atoms. The third kappa shape index (κ3) is 5.92. The van der Waals surface area contributed by atoms with Crippen LogP contribution in [-0.2, 0) is 0 Å². The van der Waals surface area contributed by atoms with Crippen molar-refractivity contribution in [3.63, 3.8) is 0 Å². The summed E-state index contributed by atoms with van der Waals surface area (Å²) in [4.78, 5) is 2.29. The van der Waals surface area contributed by atoms with E-state index < -0.39 is 0 Å². The first kappa shape index (κ1) is 16.2. The molecular formula is C11H22NNaS2. The van der Waals surface area contributed by atoms with Crippen LogP contribution in [0.25, 0.3) is 0 Å². The van der Waals surface area contributed by atoms with Crippen LogP contribution >= 0.6 is 24.0 Å². The van der Waals surface area contributed by atoms with E-state index in [4.69, 9.17) is 12.2 Å². The number of thiocarbonyl (C=S) groups is 1. The van der Waals surface area contributed by atoms with Crippen LogP contribution in [0.4, 0.5) is 0 Å². The fourth-order valence-corrected chi connectivity index (χ4v) is 3.81. The molecule has 0 aromatic rings. The molecule has 0 saturated heterocycles. The van der Waals surface area contributed by atoms with Crippen molar-refractivity contribution in [1.82, 2.24) is 4.90 Å². The second-order valence-electron chi connectivity index (χ2n) is 3.82. The van der Waals surface area contributed by atoms with Crippen molar-refractivity contribution in [2.45, 2.75) is 51.2 Å². The maximum atomic E-state index is 5.44. The minimum atomic E-state index is 0. The molecule has 1 rings (SSSR count). The number of rotatable bonds is 3. The molecule has 15 heavy (non-hydrogen) atoms. The fourth-order valence-electron chi connectivity index (χ4n) is 1.88. The number of thioether (sulfide) groups is 1. The summed E-state index contributed by atoms with van der Waals surface area (Å²) in [6, 6.07) is 0. The van der Waals surface area contributed by atoms with Crippen LogP contribution in [0.15, 0.2) is 0 Å². The minimum absolute atomic E-state index is 0. The van der Waals surface area contributed by atoms with Crippen LogP contribution in [0.2, 0.25) is 0 Å². The first-order valence-electron chi connectivity index (χ1n) is 5.73. The Hall–Kier alpha value is 1.24. The Balaban J connectivity index is 0. The Morgan fingerprint density at radius 1 is 1.27 bits per heavy atom. The zero-order valence-corrected chi connectivity index (χ0v) is 13.9. The van der Waals surface area contributed by atoms with Crippen molar-refractivity contribution in [2.24, 2.45) is 0 Å². The summed E-state index contributed by atoms with van der Waals surface area (Å²) in [7, 11) is 0. The Kier molecular flexibility index (Phi) is 10.1. The average Bonchev–Trinajstić information content (AvgIpc) is 2.21. The summed E-state index contributed by atoms with van der Waals surface area (Å²) in [5.41, 5.74) is 0. The fraction of sp³-hybridized carbons (Fsp3) is 0.909. The largest absolute Gasteiger partial charge is 1.00 e. The van der Waals surface area contributed by atoms with E-state index in [9.17, 15) is 0 Å². The van der Waals surface area contributed by atoms with E-state index in [1.165, 1.54) is 32.1 Å². The van der Waals surface area contributed by atoms with Gasteiger partial charge in [-0.2, -0.15) is 0 Å². The normalized spacial score (nSPS) is 16.9. The Morgan fingerprint density at radius 2 is 1.80 bits per heavy atom. The smallest absolute Gasteiger partial charge is 1.00 e. The van der Waals surface area contributed by atoms with Gasteiger partial charge in [-0.15, -0.1) is 0 Å². The second kappa shape index (κ2) is 9.29. The maximum absolute atomic E-state index is 5.44. The number of nitrogens with zero attached hydrogens (tertiary/aromatic N) is 1. The van der Waals surface area contributed by atoms with Crippen molar-refractivity contribution >= 4 is 28.3 Å². The van der Waals surface area contributed by atoms with Crippen molar-refractivity contribution in [1.29, 1.82) is 0 Å². The first-order valence-corrected chi connectivity index (χ1v) is 7.02.